The number of unbranched alkanes of at least 4 members (excludes halogenated alkanes) is 1. The van der Waals surface area contributed by atoms with Crippen LogP contribution < -0.4 is 45.5 Å². The molecule has 2 unspecified atom stereocenters. The van der Waals surface area contributed by atoms with Gasteiger partial charge in [0.05, 0.1) is 29.5 Å². The first-order chi connectivity index (χ1) is 16.5. The Morgan fingerprint density at radius 2 is 1.86 bits per heavy atom. The van der Waals surface area contributed by atoms with Gasteiger partial charge in [-0.1, -0.05) is 6.42 Å². The summed E-state index contributed by atoms with van der Waals surface area (Å²) in [4.78, 5) is 64.9. The molecule has 0 saturated carbocycles. The molecule has 3 heterocycles. The van der Waals surface area contributed by atoms with Crippen molar-refractivity contribution in [3.8, 4) is 0 Å². The molecule has 3 fully saturated rings. The van der Waals surface area contributed by atoms with E-state index in [0.717, 1.165) is 31.4 Å². The standard InChI is InChI=1S/C20H32N4O9S2.Na.H/c25-12(9-15(35(30,31)32)18(27)19(28)33-24-7-3-4-8-24)10-21-16(26)6-2-1-5-14-17-13(11-34-14)22-20(29)23-17;;/h13-15,17,30-32H,1-11H2,(H,21,26)(H2,22,23,29);;/q;+1;-1/t13-,14?,15?,17-;;/m0../s1. The van der Waals surface area contributed by atoms with Crippen LogP contribution in [0.4, 0.5) is 4.79 Å². The number of rotatable bonds is 13. The molecule has 0 aromatic carbocycles. The molecule has 6 N–H and O–H groups in total. The molecule has 0 aromatic rings. The van der Waals surface area contributed by atoms with Gasteiger partial charge in [0.25, 0.3) is 5.78 Å². The van der Waals surface area contributed by atoms with Crippen molar-refractivity contribution in [1.29, 1.82) is 0 Å². The van der Waals surface area contributed by atoms with Crippen molar-refractivity contribution in [2.45, 2.75) is 67.5 Å². The number of ketones is 2. The van der Waals surface area contributed by atoms with Crippen LogP contribution in [0.1, 0.15) is 46.4 Å². The van der Waals surface area contributed by atoms with Gasteiger partial charge in [0.2, 0.25) is 5.91 Å². The Morgan fingerprint density at radius 3 is 2.53 bits per heavy atom. The van der Waals surface area contributed by atoms with Crippen LogP contribution >= 0.6 is 22.6 Å². The summed E-state index contributed by atoms with van der Waals surface area (Å²) in [5.41, 5.74) is 0. The molecule has 200 valence electrons. The zero-order valence-corrected chi connectivity index (χ0v) is 23.8. The van der Waals surface area contributed by atoms with Gasteiger partial charge < -0.3 is 35.9 Å². The van der Waals surface area contributed by atoms with E-state index in [9.17, 15) is 37.6 Å². The van der Waals surface area contributed by atoms with Crippen LogP contribution in [0.25, 0.3) is 0 Å². The summed E-state index contributed by atoms with van der Waals surface area (Å²) in [7, 11) is -4.55. The van der Waals surface area contributed by atoms with E-state index in [1.54, 1.807) is 11.8 Å². The smallest absolute Gasteiger partial charge is 1.00 e. The maximum atomic E-state index is 12.3. The zero-order chi connectivity index (χ0) is 25.6. The number of hydrogen-bond donors (Lipinski definition) is 6. The van der Waals surface area contributed by atoms with Crippen LogP contribution in [0.5, 0.6) is 0 Å². The fourth-order valence-electron chi connectivity index (χ4n) is 4.26. The maximum Gasteiger partial charge on any atom is 1.00 e. The van der Waals surface area contributed by atoms with E-state index in [4.69, 9.17) is 4.84 Å². The minimum Gasteiger partial charge on any atom is -1.00 e. The molecule has 0 spiro atoms. The van der Waals surface area contributed by atoms with Crippen LogP contribution in [-0.4, -0.2) is 96.2 Å². The molecule has 3 rings (SSSR count). The van der Waals surface area contributed by atoms with Crippen molar-refractivity contribution < 1.29 is 73.5 Å². The van der Waals surface area contributed by atoms with Gasteiger partial charge in [-0.05, 0) is 25.7 Å². The molecule has 3 amide bonds. The number of nitrogens with zero attached hydrogens (tertiary/aromatic N) is 1. The molecule has 3 aliphatic heterocycles. The minimum atomic E-state index is -4.55. The average molecular weight is 561 g/mol. The third-order valence-corrected chi connectivity index (χ3v) is 8.78. The second-order valence-electron chi connectivity index (χ2n) is 8.82. The molecule has 13 nitrogen and oxygen atoms in total. The molecule has 4 atom stereocenters. The zero-order valence-electron chi connectivity index (χ0n) is 21.1. The second-order valence-corrected chi connectivity index (χ2v) is 11.8. The Morgan fingerprint density at radius 1 is 1.17 bits per heavy atom. The third-order valence-electron chi connectivity index (χ3n) is 6.13. The summed E-state index contributed by atoms with van der Waals surface area (Å²) in [5.74, 6) is -3.09. The number of hydrogen-bond acceptors (Lipinski definition) is 11. The molecular weight excluding hydrogens is 527 g/mol. The van der Waals surface area contributed by atoms with Gasteiger partial charge in [-0.25, -0.2) is 9.59 Å². The maximum absolute atomic E-state index is 12.3. The first-order valence-electron chi connectivity index (χ1n) is 11.5. The van der Waals surface area contributed by atoms with E-state index in [-0.39, 0.29) is 60.8 Å². The number of thioether (sulfide) groups is 1. The first-order valence-corrected chi connectivity index (χ1v) is 14.1. The van der Waals surface area contributed by atoms with Crippen LogP contribution in [0, 0.1) is 0 Å². The second kappa shape index (κ2) is 14.3. The monoisotopic (exact) mass is 560 g/mol. The third kappa shape index (κ3) is 9.13. The summed E-state index contributed by atoms with van der Waals surface area (Å²) in [6.45, 7) is 0.371. The predicted molar refractivity (Wildman–Crippen MR) is 129 cm³/mol. The normalized spacial score (nSPS) is 24.6. The Bertz CT molecular complexity index is 845. The van der Waals surface area contributed by atoms with Crippen LogP contribution in [-0.2, 0) is 24.0 Å². The van der Waals surface area contributed by atoms with Crippen molar-refractivity contribution in [1.82, 2.24) is 21.0 Å². The van der Waals surface area contributed by atoms with Gasteiger partial charge in [0, 0.05) is 36.9 Å². The van der Waals surface area contributed by atoms with Gasteiger partial charge in [0.1, 0.15) is 5.25 Å². The van der Waals surface area contributed by atoms with Crippen LogP contribution in [0.3, 0.4) is 0 Å². The molecule has 0 radical (unpaired) electrons. The number of hydroxylamine groups is 2. The molecular formula is C20H33N4NaO9S2. The van der Waals surface area contributed by atoms with Crippen molar-refractivity contribution in [2.75, 3.05) is 25.4 Å². The Kier molecular flexibility index (Phi) is 12.4. The molecule has 0 bridgehead atoms. The molecule has 0 aromatic heterocycles. The summed E-state index contributed by atoms with van der Waals surface area (Å²) in [6.07, 6.45) is 3.06. The van der Waals surface area contributed by atoms with Crippen molar-refractivity contribution in [2.24, 2.45) is 0 Å². The van der Waals surface area contributed by atoms with Gasteiger partial charge in [-0.15, -0.1) is 5.06 Å². The van der Waals surface area contributed by atoms with Gasteiger partial charge in [-0.2, -0.15) is 11.8 Å². The molecule has 3 aliphatic rings. The molecule has 3 saturated heterocycles. The van der Waals surface area contributed by atoms with E-state index in [1.165, 1.54) is 5.06 Å². The van der Waals surface area contributed by atoms with E-state index in [2.05, 4.69) is 16.0 Å². The number of Topliss-reactive ketones (excluding diaryl/α,β-unsaturated/α-hetero) is 2. The number of nitrogens with one attached hydrogen (secondary N) is 3. The van der Waals surface area contributed by atoms with E-state index >= 15 is 0 Å². The summed E-state index contributed by atoms with van der Waals surface area (Å²) < 4.78 is 28.7. The summed E-state index contributed by atoms with van der Waals surface area (Å²) in [5, 5.41) is 7.66. The fraction of sp³-hybridized carbons (Fsp3) is 0.750. The van der Waals surface area contributed by atoms with Crippen molar-refractivity contribution in [3.63, 3.8) is 0 Å². The quantitative estimate of drug-likeness (QED) is 0.0609. The topological polar surface area (TPSA) is 195 Å². The van der Waals surface area contributed by atoms with E-state index < -0.39 is 52.5 Å². The predicted octanol–water partition coefficient (Wildman–Crippen LogP) is -2.38. The van der Waals surface area contributed by atoms with Gasteiger partial charge in [0.15, 0.2) is 5.78 Å². The van der Waals surface area contributed by atoms with E-state index in [1.807, 2.05) is 0 Å². The summed E-state index contributed by atoms with van der Waals surface area (Å²) in [6, 6.07) is 0.0900. The summed E-state index contributed by atoms with van der Waals surface area (Å²) >= 11 is 1.79. The van der Waals surface area contributed by atoms with E-state index in [0.29, 0.717) is 19.5 Å². The number of urea groups is 1. The minimum absolute atomic E-state index is 0. The largest absolute Gasteiger partial charge is 1.00 e. The SMILES string of the molecule is O=C(CNC(=O)CCCCC1SC[C@@H]2NC(=O)N[C@H]12)CC(C(=O)C(=O)ON1CCCC1)S(O)(O)O.[H-].[Na+]. The molecule has 16 heteroatoms. The first kappa shape index (κ1) is 31.3. The van der Waals surface area contributed by atoms with Crippen LogP contribution in [0.2, 0.25) is 0 Å². The van der Waals surface area contributed by atoms with Gasteiger partial charge >= 0.3 is 41.6 Å². The van der Waals surface area contributed by atoms with Crippen molar-refractivity contribution in [3.05, 3.63) is 0 Å². The average Bonchev–Trinajstić information content (AvgIpc) is 3.51. The van der Waals surface area contributed by atoms with Crippen LogP contribution in [0.15, 0.2) is 0 Å². The number of carbonyl (C=O) groups is 5. The number of carbonyl (C=O) groups excluding carboxylic acids is 5. The number of fused-ring (bicyclic) bond motifs is 1. The molecule has 36 heavy (non-hydrogen) atoms. The van der Waals surface area contributed by atoms with Crippen molar-refractivity contribution >= 4 is 52.1 Å². The Hall–Kier alpha value is -0.910. The van der Waals surface area contributed by atoms with Gasteiger partial charge in [-0.3, -0.25) is 14.4 Å². The number of amides is 3. The fourth-order valence-corrected chi connectivity index (χ4v) is 6.60. The Balaban J connectivity index is 0.00000342. The molecule has 0 aliphatic carbocycles. The Labute approximate surface area is 238 Å².